The van der Waals surface area contributed by atoms with Crippen molar-refractivity contribution in [2.45, 2.75) is 26.9 Å². The molecule has 36 heavy (non-hydrogen) atoms. The van der Waals surface area contributed by atoms with Gasteiger partial charge in [0.15, 0.2) is 16.7 Å². The van der Waals surface area contributed by atoms with Gasteiger partial charge in [-0.3, -0.25) is 9.69 Å². The third-order valence-corrected chi connectivity index (χ3v) is 7.09. The number of nitrogens with zero attached hydrogens (tertiary/aromatic N) is 2. The van der Waals surface area contributed by atoms with E-state index in [-0.39, 0.29) is 5.91 Å². The van der Waals surface area contributed by atoms with E-state index in [2.05, 4.69) is 15.9 Å². The number of hydrogen-bond acceptors (Lipinski definition) is 5. The van der Waals surface area contributed by atoms with Crippen LogP contribution in [0.4, 0.5) is 5.69 Å². The maximum Gasteiger partial charge on any atom is 0.266 e. The second-order valence-corrected chi connectivity index (χ2v) is 10.3. The molecular formula is C28H26BrClN2O3S. The van der Waals surface area contributed by atoms with Crippen LogP contribution < -0.4 is 9.47 Å². The lowest BCUT2D eigenvalue weighted by atomic mass is 10.1. The first kappa shape index (κ1) is 26.3. The SMILES string of the molecule is CCCN1C(=O)/C(=C/c2cc(Br)c(OCc3ccccc3)c(OCC)c2)SC1=Nc1ccc(Cl)cc1. The van der Waals surface area contributed by atoms with E-state index in [0.717, 1.165) is 27.7 Å². The van der Waals surface area contributed by atoms with Crippen LogP contribution in [0.5, 0.6) is 11.5 Å². The van der Waals surface area contributed by atoms with Gasteiger partial charge in [-0.1, -0.05) is 48.9 Å². The molecule has 1 amide bonds. The van der Waals surface area contributed by atoms with E-state index in [9.17, 15) is 4.79 Å². The molecule has 0 bridgehead atoms. The van der Waals surface area contributed by atoms with Crippen molar-refractivity contribution in [3.8, 4) is 11.5 Å². The van der Waals surface area contributed by atoms with Gasteiger partial charge in [0.1, 0.15) is 6.61 Å². The first-order valence-corrected chi connectivity index (χ1v) is 13.7. The Morgan fingerprint density at radius 2 is 1.81 bits per heavy atom. The summed E-state index contributed by atoms with van der Waals surface area (Å²) in [4.78, 5) is 20.3. The van der Waals surface area contributed by atoms with E-state index >= 15 is 0 Å². The molecule has 0 aromatic heterocycles. The molecule has 0 spiro atoms. The van der Waals surface area contributed by atoms with E-state index in [0.29, 0.717) is 46.4 Å². The standard InChI is InChI=1S/C28H26BrClN2O3S/c1-3-14-32-27(33)25(36-28(32)31-22-12-10-21(30)11-13-22)17-20-15-23(29)26(24(16-20)34-4-2)35-18-19-8-6-5-7-9-19/h5-13,15-17H,3-4,14,18H2,1-2H3/b25-17-,31-28?. The van der Waals surface area contributed by atoms with Crippen LogP contribution in [0.15, 0.2) is 81.1 Å². The van der Waals surface area contributed by atoms with Crippen molar-refractivity contribution < 1.29 is 14.3 Å². The highest BCUT2D eigenvalue weighted by Gasteiger charge is 2.33. The van der Waals surface area contributed by atoms with Gasteiger partial charge in [-0.15, -0.1) is 0 Å². The second-order valence-electron chi connectivity index (χ2n) is 7.98. The van der Waals surface area contributed by atoms with E-state index in [1.54, 1.807) is 17.0 Å². The Bertz CT molecular complexity index is 1280. The molecule has 0 N–H and O–H groups in total. The number of ether oxygens (including phenoxy) is 2. The predicted octanol–water partition coefficient (Wildman–Crippen LogP) is 8.09. The van der Waals surface area contributed by atoms with Crippen LogP contribution in [0.3, 0.4) is 0 Å². The van der Waals surface area contributed by atoms with Crippen molar-refractivity contribution in [1.82, 2.24) is 4.90 Å². The minimum absolute atomic E-state index is 0.0620. The largest absolute Gasteiger partial charge is 0.490 e. The molecule has 0 atom stereocenters. The summed E-state index contributed by atoms with van der Waals surface area (Å²) < 4.78 is 12.7. The molecule has 5 nitrogen and oxygen atoms in total. The van der Waals surface area contributed by atoms with Gasteiger partial charge >= 0.3 is 0 Å². The smallest absolute Gasteiger partial charge is 0.266 e. The maximum atomic E-state index is 13.2. The van der Waals surface area contributed by atoms with Gasteiger partial charge in [0.2, 0.25) is 0 Å². The van der Waals surface area contributed by atoms with Crippen LogP contribution in [0.25, 0.3) is 6.08 Å². The van der Waals surface area contributed by atoms with Crippen molar-refractivity contribution in [2.75, 3.05) is 13.2 Å². The van der Waals surface area contributed by atoms with Crippen molar-refractivity contribution in [3.05, 3.63) is 92.3 Å². The summed E-state index contributed by atoms with van der Waals surface area (Å²) >= 11 is 11.0. The number of amidine groups is 1. The molecule has 1 aliphatic rings. The number of benzene rings is 3. The van der Waals surface area contributed by atoms with Crippen LogP contribution >= 0.6 is 39.3 Å². The molecule has 1 saturated heterocycles. The van der Waals surface area contributed by atoms with Gasteiger partial charge in [0.05, 0.1) is 21.7 Å². The van der Waals surface area contributed by atoms with Gasteiger partial charge in [-0.05, 0) is 94.6 Å². The lowest BCUT2D eigenvalue weighted by Crippen LogP contribution is -2.29. The highest BCUT2D eigenvalue weighted by atomic mass is 79.9. The Labute approximate surface area is 229 Å². The van der Waals surface area contributed by atoms with Crippen LogP contribution in [0.1, 0.15) is 31.4 Å². The molecule has 1 heterocycles. The molecule has 0 saturated carbocycles. The Kier molecular flexibility index (Phi) is 9.13. The first-order chi connectivity index (χ1) is 17.5. The molecule has 1 fully saturated rings. The minimum Gasteiger partial charge on any atom is -0.490 e. The summed E-state index contributed by atoms with van der Waals surface area (Å²) in [7, 11) is 0. The Morgan fingerprint density at radius 3 is 2.50 bits per heavy atom. The molecule has 0 radical (unpaired) electrons. The average molecular weight is 586 g/mol. The topological polar surface area (TPSA) is 51.1 Å². The van der Waals surface area contributed by atoms with Crippen molar-refractivity contribution in [3.63, 3.8) is 0 Å². The fourth-order valence-electron chi connectivity index (χ4n) is 3.59. The van der Waals surface area contributed by atoms with Gasteiger partial charge < -0.3 is 9.47 Å². The van der Waals surface area contributed by atoms with Crippen LogP contribution in [0, 0.1) is 0 Å². The van der Waals surface area contributed by atoms with E-state index < -0.39 is 0 Å². The molecule has 0 unspecified atom stereocenters. The molecule has 0 aliphatic carbocycles. The Hall–Kier alpha value is -2.74. The number of rotatable bonds is 9. The number of hydrogen-bond donors (Lipinski definition) is 0. The van der Waals surface area contributed by atoms with Crippen molar-refractivity contribution >= 4 is 62.1 Å². The molecule has 8 heteroatoms. The Balaban J connectivity index is 1.62. The maximum absolute atomic E-state index is 13.2. The van der Waals surface area contributed by atoms with E-state index in [1.807, 2.05) is 74.5 Å². The summed E-state index contributed by atoms with van der Waals surface area (Å²) in [6.07, 6.45) is 2.70. The molecule has 3 aromatic carbocycles. The molecule has 186 valence electrons. The average Bonchev–Trinajstić information content (AvgIpc) is 3.15. The third-order valence-electron chi connectivity index (χ3n) is 5.24. The summed E-state index contributed by atoms with van der Waals surface area (Å²) in [6.45, 7) is 5.47. The van der Waals surface area contributed by atoms with Crippen molar-refractivity contribution in [1.29, 1.82) is 0 Å². The van der Waals surface area contributed by atoms with Crippen LogP contribution in [0.2, 0.25) is 5.02 Å². The number of thioether (sulfide) groups is 1. The third kappa shape index (κ3) is 6.52. The number of halogens is 2. The predicted molar refractivity (Wildman–Crippen MR) is 152 cm³/mol. The fourth-order valence-corrected chi connectivity index (χ4v) is 5.32. The Morgan fingerprint density at radius 1 is 1.06 bits per heavy atom. The number of carbonyl (C=O) groups excluding carboxylic acids is 1. The zero-order valence-corrected chi connectivity index (χ0v) is 23.2. The van der Waals surface area contributed by atoms with Gasteiger partial charge in [0.25, 0.3) is 5.91 Å². The molecule has 4 rings (SSSR count). The number of amides is 1. The number of aliphatic imine (C=N–C) groups is 1. The highest BCUT2D eigenvalue weighted by molar-refractivity contribution is 9.10. The van der Waals surface area contributed by atoms with Gasteiger partial charge in [-0.2, -0.15) is 0 Å². The quantitative estimate of drug-likeness (QED) is 0.238. The second kappa shape index (κ2) is 12.5. The lowest BCUT2D eigenvalue weighted by molar-refractivity contribution is -0.122. The highest BCUT2D eigenvalue weighted by Crippen LogP contribution is 2.40. The normalized spacial score (nSPS) is 15.7. The van der Waals surface area contributed by atoms with Crippen LogP contribution in [-0.4, -0.2) is 29.1 Å². The number of carbonyl (C=O) groups is 1. The first-order valence-electron chi connectivity index (χ1n) is 11.7. The summed E-state index contributed by atoms with van der Waals surface area (Å²) in [5.74, 6) is 1.18. The minimum atomic E-state index is -0.0620. The van der Waals surface area contributed by atoms with Gasteiger partial charge in [0, 0.05) is 11.6 Å². The summed E-state index contributed by atoms with van der Waals surface area (Å²) in [6, 6.07) is 21.1. The molecule has 1 aliphatic heterocycles. The van der Waals surface area contributed by atoms with E-state index in [4.69, 9.17) is 26.1 Å². The van der Waals surface area contributed by atoms with Crippen LogP contribution in [-0.2, 0) is 11.4 Å². The zero-order chi connectivity index (χ0) is 25.5. The molecule has 3 aromatic rings. The molecular weight excluding hydrogens is 560 g/mol. The van der Waals surface area contributed by atoms with Crippen molar-refractivity contribution in [2.24, 2.45) is 4.99 Å². The fraction of sp³-hybridized carbons (Fsp3) is 0.214. The monoisotopic (exact) mass is 584 g/mol. The lowest BCUT2D eigenvalue weighted by Gasteiger charge is -2.15. The van der Waals surface area contributed by atoms with Gasteiger partial charge in [-0.25, -0.2) is 4.99 Å². The summed E-state index contributed by atoms with van der Waals surface area (Å²) in [5.41, 5.74) is 2.64. The van der Waals surface area contributed by atoms with E-state index in [1.165, 1.54) is 11.8 Å². The summed E-state index contributed by atoms with van der Waals surface area (Å²) in [5, 5.41) is 1.30. The zero-order valence-electron chi connectivity index (χ0n) is 20.0.